The molecule has 1 fully saturated rings. The normalized spacial score (nSPS) is 16.8. The van der Waals surface area contributed by atoms with Crippen LogP contribution in [0.1, 0.15) is 18.4 Å². The lowest BCUT2D eigenvalue weighted by Crippen LogP contribution is -2.39. The Morgan fingerprint density at radius 3 is 2.69 bits per heavy atom. The topological polar surface area (TPSA) is 68.1 Å². The van der Waals surface area contributed by atoms with Crippen LogP contribution in [0.25, 0.3) is 5.69 Å². The Labute approximate surface area is 167 Å². The lowest BCUT2D eigenvalue weighted by Gasteiger charge is -2.33. The van der Waals surface area contributed by atoms with E-state index in [1.54, 1.807) is 7.11 Å². The summed E-state index contributed by atoms with van der Waals surface area (Å²) in [4.78, 5) is 11.1. The van der Waals surface area contributed by atoms with Gasteiger partial charge in [0, 0.05) is 26.3 Å². The van der Waals surface area contributed by atoms with Crippen molar-refractivity contribution in [3.05, 3.63) is 53.9 Å². The molecule has 2 aromatic heterocycles. The molecular weight excluding hydrogens is 378 g/mol. The van der Waals surface area contributed by atoms with Crippen molar-refractivity contribution < 1.29 is 13.5 Å². The van der Waals surface area contributed by atoms with Crippen molar-refractivity contribution in [2.75, 3.05) is 30.4 Å². The van der Waals surface area contributed by atoms with Crippen molar-refractivity contribution in [2.45, 2.75) is 25.9 Å². The zero-order chi connectivity index (χ0) is 20.4. The highest BCUT2D eigenvalue weighted by molar-refractivity contribution is 5.55. The highest BCUT2D eigenvalue weighted by Gasteiger charge is 2.21. The molecule has 152 valence electrons. The Bertz CT molecular complexity index is 988. The smallest absolute Gasteiger partial charge is 0.248 e. The molecule has 0 bridgehead atoms. The molecule has 0 spiro atoms. The second-order valence-electron chi connectivity index (χ2n) is 7.10. The second kappa shape index (κ2) is 8.12. The first-order chi connectivity index (χ1) is 14.0. The van der Waals surface area contributed by atoms with Gasteiger partial charge < -0.3 is 15.0 Å². The number of pyridine rings is 1. The van der Waals surface area contributed by atoms with Crippen LogP contribution in [0.5, 0.6) is 0 Å². The minimum atomic E-state index is -0.675. The molecule has 9 heteroatoms. The van der Waals surface area contributed by atoms with E-state index < -0.39 is 11.6 Å². The van der Waals surface area contributed by atoms with Gasteiger partial charge in [-0.1, -0.05) is 0 Å². The summed E-state index contributed by atoms with van der Waals surface area (Å²) in [6, 6.07) is 7.11. The molecule has 4 rings (SSSR count). The van der Waals surface area contributed by atoms with E-state index in [1.165, 1.54) is 23.1 Å². The van der Waals surface area contributed by atoms with Crippen molar-refractivity contribution in [3.8, 4) is 5.69 Å². The molecule has 1 aliphatic heterocycles. The zero-order valence-corrected chi connectivity index (χ0v) is 16.3. The molecule has 1 atom stereocenters. The van der Waals surface area contributed by atoms with Crippen LogP contribution in [0.3, 0.4) is 0 Å². The highest BCUT2D eigenvalue weighted by atomic mass is 19.1. The van der Waals surface area contributed by atoms with Crippen LogP contribution in [-0.4, -0.2) is 46.1 Å². The van der Waals surface area contributed by atoms with Gasteiger partial charge in [0.15, 0.2) is 0 Å². The van der Waals surface area contributed by atoms with Gasteiger partial charge >= 0.3 is 0 Å². The first-order valence-corrected chi connectivity index (χ1v) is 9.42. The Balaban J connectivity index is 1.54. The Kier molecular flexibility index (Phi) is 5.39. The zero-order valence-electron chi connectivity index (χ0n) is 16.3. The third-order valence-corrected chi connectivity index (χ3v) is 4.84. The van der Waals surface area contributed by atoms with Crippen LogP contribution >= 0.6 is 0 Å². The average Bonchev–Trinajstić information content (AvgIpc) is 3.15. The van der Waals surface area contributed by atoms with Crippen LogP contribution in [-0.2, 0) is 4.74 Å². The van der Waals surface area contributed by atoms with Gasteiger partial charge in [-0.25, -0.2) is 18.4 Å². The average molecular weight is 400 g/mol. The maximum atomic E-state index is 13.4. The number of aromatic nitrogens is 4. The molecule has 1 aliphatic rings. The molecule has 3 aromatic rings. The third kappa shape index (κ3) is 4.51. The number of rotatable bonds is 5. The molecule has 0 radical (unpaired) electrons. The van der Waals surface area contributed by atoms with Crippen molar-refractivity contribution in [3.63, 3.8) is 0 Å². The largest absolute Gasteiger partial charge is 0.380 e. The van der Waals surface area contributed by atoms with E-state index in [0.29, 0.717) is 5.82 Å². The fourth-order valence-corrected chi connectivity index (χ4v) is 3.44. The van der Waals surface area contributed by atoms with Crippen LogP contribution in [0, 0.1) is 18.6 Å². The van der Waals surface area contributed by atoms with Crippen LogP contribution < -0.4 is 10.2 Å². The number of halogens is 2. The number of hydrogen-bond acceptors (Lipinski definition) is 6. The Hall–Kier alpha value is -3.07. The molecule has 1 N–H and O–H groups in total. The summed E-state index contributed by atoms with van der Waals surface area (Å²) < 4.78 is 33.7. The molecule has 3 heterocycles. The monoisotopic (exact) mass is 400 g/mol. The molecule has 1 saturated heterocycles. The SMILES string of the molecule is COC1CCCN(c2cc(C)cc(Nc3ncn(-c4cc(F)cc(F)c4)n3)n2)C1. The van der Waals surface area contributed by atoms with Gasteiger partial charge in [-0.2, -0.15) is 4.98 Å². The minimum absolute atomic E-state index is 0.200. The summed E-state index contributed by atoms with van der Waals surface area (Å²) in [5.74, 6) is 0.396. The lowest BCUT2D eigenvalue weighted by molar-refractivity contribution is 0.0891. The lowest BCUT2D eigenvalue weighted by atomic mass is 10.1. The van der Waals surface area contributed by atoms with Gasteiger partial charge in [0.1, 0.15) is 29.6 Å². The molecule has 29 heavy (non-hydrogen) atoms. The van der Waals surface area contributed by atoms with Gasteiger partial charge in [-0.05, 0) is 49.6 Å². The molecule has 7 nitrogen and oxygen atoms in total. The highest BCUT2D eigenvalue weighted by Crippen LogP contribution is 2.24. The number of methoxy groups -OCH3 is 1. The van der Waals surface area contributed by atoms with Crippen molar-refractivity contribution in [1.29, 1.82) is 0 Å². The number of ether oxygens (including phenoxy) is 1. The summed E-state index contributed by atoms with van der Waals surface area (Å²) in [6.45, 7) is 3.72. The number of nitrogens with zero attached hydrogens (tertiary/aromatic N) is 5. The summed E-state index contributed by atoms with van der Waals surface area (Å²) in [5.41, 5.74) is 1.29. The predicted octanol–water partition coefficient (Wildman–Crippen LogP) is 3.61. The van der Waals surface area contributed by atoms with Gasteiger partial charge in [0.25, 0.3) is 0 Å². The first-order valence-electron chi connectivity index (χ1n) is 9.42. The molecule has 0 aliphatic carbocycles. The summed E-state index contributed by atoms with van der Waals surface area (Å²) in [7, 11) is 1.73. The van der Waals surface area contributed by atoms with Crippen molar-refractivity contribution in [2.24, 2.45) is 0 Å². The van der Waals surface area contributed by atoms with Gasteiger partial charge in [-0.3, -0.25) is 0 Å². The number of anilines is 3. The van der Waals surface area contributed by atoms with Crippen molar-refractivity contribution in [1.82, 2.24) is 19.7 Å². The summed E-state index contributed by atoms with van der Waals surface area (Å²) >= 11 is 0. The van der Waals surface area contributed by atoms with E-state index in [-0.39, 0.29) is 17.7 Å². The molecule has 0 saturated carbocycles. The quantitative estimate of drug-likeness (QED) is 0.706. The van der Waals surface area contributed by atoms with Crippen LogP contribution in [0.2, 0.25) is 0 Å². The van der Waals surface area contributed by atoms with Crippen molar-refractivity contribution >= 4 is 17.6 Å². The standard InChI is InChI=1S/C20H22F2N6O/c1-13-6-18(24-19(7-13)27-5-3-4-17(11-27)29-2)25-20-23-12-28(26-20)16-9-14(21)8-15(22)10-16/h6-10,12,17H,3-5,11H2,1-2H3,(H,24,25,26). The summed E-state index contributed by atoms with van der Waals surface area (Å²) in [5, 5.41) is 7.31. The Morgan fingerprint density at radius 2 is 1.93 bits per heavy atom. The molecular formula is C20H22F2N6O. The Morgan fingerprint density at radius 1 is 1.14 bits per heavy atom. The maximum absolute atomic E-state index is 13.4. The number of aryl methyl sites for hydroxylation is 1. The molecule has 1 unspecified atom stereocenters. The van der Waals surface area contributed by atoms with Crippen LogP contribution in [0.4, 0.5) is 26.4 Å². The molecule has 0 amide bonds. The second-order valence-corrected chi connectivity index (χ2v) is 7.10. The first kappa shape index (κ1) is 19.3. The third-order valence-electron chi connectivity index (χ3n) is 4.84. The van der Waals surface area contributed by atoms with E-state index in [9.17, 15) is 8.78 Å². The predicted molar refractivity (Wildman–Crippen MR) is 106 cm³/mol. The number of hydrogen-bond donors (Lipinski definition) is 1. The van der Waals surface area contributed by atoms with E-state index in [2.05, 4.69) is 25.3 Å². The van der Waals surface area contributed by atoms with Crippen LogP contribution in [0.15, 0.2) is 36.7 Å². The molecule has 1 aromatic carbocycles. The van der Waals surface area contributed by atoms with E-state index in [4.69, 9.17) is 4.74 Å². The minimum Gasteiger partial charge on any atom is -0.380 e. The number of benzene rings is 1. The fraction of sp³-hybridized carbons (Fsp3) is 0.350. The van der Waals surface area contributed by atoms with E-state index in [1.807, 2.05) is 19.1 Å². The van der Waals surface area contributed by atoms with Gasteiger partial charge in [0.2, 0.25) is 5.95 Å². The van der Waals surface area contributed by atoms with Gasteiger partial charge in [-0.15, -0.1) is 5.10 Å². The van der Waals surface area contributed by atoms with E-state index in [0.717, 1.165) is 43.4 Å². The number of nitrogens with one attached hydrogen (secondary N) is 1. The summed E-state index contributed by atoms with van der Waals surface area (Å²) in [6.07, 6.45) is 3.69. The van der Waals surface area contributed by atoms with Gasteiger partial charge in [0.05, 0.1) is 11.8 Å². The van der Waals surface area contributed by atoms with E-state index >= 15 is 0 Å². The number of piperidine rings is 1. The fourth-order valence-electron chi connectivity index (χ4n) is 3.44. The maximum Gasteiger partial charge on any atom is 0.248 e.